The van der Waals surface area contributed by atoms with Gasteiger partial charge >= 0.3 is 0 Å². The molecule has 1 aromatic rings. The van der Waals surface area contributed by atoms with Crippen LogP contribution in [0.2, 0.25) is 12.1 Å². The van der Waals surface area contributed by atoms with Gasteiger partial charge in [-0.1, -0.05) is 66.8 Å². The molecule has 16 heavy (non-hydrogen) atoms. The zero-order valence-electron chi connectivity index (χ0n) is 9.82. The molecule has 0 aromatic heterocycles. The monoisotopic (exact) mass is 208 g/mol. The second-order valence-electron chi connectivity index (χ2n) is 4.90. The fourth-order valence-corrected chi connectivity index (χ4v) is 3.30. The van der Waals surface area contributed by atoms with Crippen LogP contribution in [0.15, 0.2) is 48.1 Å². The van der Waals surface area contributed by atoms with Gasteiger partial charge in [0.25, 0.3) is 0 Å². The summed E-state index contributed by atoms with van der Waals surface area (Å²) in [7, 11) is 0. The molecule has 1 atom stereocenters. The lowest BCUT2D eigenvalue weighted by Crippen LogP contribution is -2.42. The average molecular weight is 208 g/mol. The summed E-state index contributed by atoms with van der Waals surface area (Å²) in [5.41, 5.74) is 4.79. The largest absolute Gasteiger partial charge is 0.183 e. The molecule has 0 nitrogen and oxygen atoms in total. The number of benzene rings is 1. The summed E-state index contributed by atoms with van der Waals surface area (Å²) in [6, 6.07) is 8.99. The van der Waals surface area contributed by atoms with Crippen LogP contribution in [-0.4, -0.2) is 6.71 Å². The Balaban J connectivity index is 2.09. The summed E-state index contributed by atoms with van der Waals surface area (Å²) in [6.45, 7) is 3.06. The van der Waals surface area contributed by atoms with E-state index < -0.39 is 0 Å². The first kappa shape index (κ1) is 9.95. The molecule has 0 bridgehead atoms. The van der Waals surface area contributed by atoms with E-state index in [0.29, 0.717) is 0 Å². The molecule has 0 saturated heterocycles. The molecule has 3 rings (SSSR count). The van der Waals surface area contributed by atoms with Crippen LogP contribution in [0.4, 0.5) is 0 Å². The van der Waals surface area contributed by atoms with Crippen LogP contribution in [0.5, 0.6) is 0 Å². The molecule has 1 heteroatoms. The average Bonchev–Trinajstić information content (AvgIpc) is 2.36. The quantitative estimate of drug-likeness (QED) is 0.621. The van der Waals surface area contributed by atoms with Crippen molar-refractivity contribution in [3.05, 3.63) is 53.6 Å². The molecule has 0 spiro atoms. The van der Waals surface area contributed by atoms with Crippen molar-refractivity contribution in [1.29, 1.82) is 0 Å². The Morgan fingerprint density at radius 3 is 3.06 bits per heavy atom. The predicted molar refractivity (Wildman–Crippen MR) is 71.6 cm³/mol. The second-order valence-corrected chi connectivity index (χ2v) is 4.90. The van der Waals surface area contributed by atoms with Gasteiger partial charge in [0.1, 0.15) is 0 Å². The van der Waals surface area contributed by atoms with E-state index in [9.17, 15) is 0 Å². The maximum atomic E-state index is 2.34. The number of hydrogen-bond donors (Lipinski definition) is 0. The first-order chi connectivity index (χ1) is 7.90. The molecule has 0 N–H and O–H groups in total. The predicted octanol–water partition coefficient (Wildman–Crippen LogP) is 3.22. The molecule has 1 heterocycles. The van der Waals surface area contributed by atoms with E-state index in [0.717, 1.165) is 12.5 Å². The van der Waals surface area contributed by atoms with Crippen molar-refractivity contribution in [2.75, 3.05) is 0 Å². The van der Waals surface area contributed by atoms with E-state index in [1.54, 1.807) is 16.6 Å². The molecule has 1 aliphatic carbocycles. The Labute approximate surface area is 98.1 Å². The summed E-state index contributed by atoms with van der Waals surface area (Å²) in [5.74, 6) is 0.768. The zero-order valence-corrected chi connectivity index (χ0v) is 9.82. The van der Waals surface area contributed by atoms with Crippen molar-refractivity contribution in [2.24, 2.45) is 0 Å². The highest BCUT2D eigenvalue weighted by atomic mass is 14.2. The van der Waals surface area contributed by atoms with Gasteiger partial charge in [-0.25, -0.2) is 0 Å². The standard InChI is InChI=1S/C15H17B/c1-2-16-14-9-5-3-7-12(14)11-13-8-4-6-10-15(13)16/h3-9,15H,2,10-11H2,1H3. The summed E-state index contributed by atoms with van der Waals surface area (Å²) < 4.78 is 0. The van der Waals surface area contributed by atoms with Gasteiger partial charge in [-0.15, -0.1) is 0 Å². The van der Waals surface area contributed by atoms with Gasteiger partial charge in [-0.2, -0.15) is 0 Å². The van der Waals surface area contributed by atoms with Crippen molar-refractivity contribution in [3.8, 4) is 0 Å². The van der Waals surface area contributed by atoms with E-state index in [-0.39, 0.29) is 0 Å². The highest BCUT2D eigenvalue weighted by Crippen LogP contribution is 2.36. The molecule has 0 amide bonds. The second kappa shape index (κ2) is 3.97. The van der Waals surface area contributed by atoms with Crippen molar-refractivity contribution in [1.82, 2.24) is 0 Å². The Hall–Kier alpha value is -1.24. The lowest BCUT2D eigenvalue weighted by atomic mass is 9.30. The highest BCUT2D eigenvalue weighted by molar-refractivity contribution is 6.76. The van der Waals surface area contributed by atoms with Crippen LogP contribution < -0.4 is 5.46 Å². The summed E-state index contributed by atoms with van der Waals surface area (Å²) in [6.07, 6.45) is 10.6. The van der Waals surface area contributed by atoms with Crippen LogP contribution >= 0.6 is 0 Å². The maximum Gasteiger partial charge on any atom is 0.183 e. The van der Waals surface area contributed by atoms with Crippen LogP contribution in [0.3, 0.4) is 0 Å². The van der Waals surface area contributed by atoms with Crippen LogP contribution in [0.1, 0.15) is 18.9 Å². The van der Waals surface area contributed by atoms with E-state index >= 15 is 0 Å². The fraction of sp³-hybridized carbons (Fsp3) is 0.333. The molecule has 1 aromatic carbocycles. The third-order valence-corrected chi connectivity index (χ3v) is 4.09. The van der Waals surface area contributed by atoms with Crippen LogP contribution in [0, 0.1) is 0 Å². The Kier molecular flexibility index (Phi) is 2.47. The van der Waals surface area contributed by atoms with Crippen molar-refractivity contribution < 1.29 is 0 Å². The molecular weight excluding hydrogens is 191 g/mol. The normalized spacial score (nSPS) is 22.4. The van der Waals surface area contributed by atoms with Crippen LogP contribution in [0.25, 0.3) is 0 Å². The molecule has 1 aliphatic heterocycles. The summed E-state index contributed by atoms with van der Waals surface area (Å²) >= 11 is 0. The minimum Gasteiger partial charge on any atom is -0.0846 e. The van der Waals surface area contributed by atoms with Gasteiger partial charge < -0.3 is 0 Å². The molecule has 80 valence electrons. The molecule has 0 radical (unpaired) electrons. The van der Waals surface area contributed by atoms with E-state index in [4.69, 9.17) is 0 Å². The van der Waals surface area contributed by atoms with Crippen molar-refractivity contribution in [3.63, 3.8) is 0 Å². The number of fused-ring (bicyclic) bond motifs is 2. The maximum absolute atomic E-state index is 2.34. The van der Waals surface area contributed by atoms with Gasteiger partial charge in [0.15, 0.2) is 6.71 Å². The molecule has 0 fully saturated rings. The van der Waals surface area contributed by atoms with Gasteiger partial charge in [-0.3, -0.25) is 0 Å². The van der Waals surface area contributed by atoms with Gasteiger partial charge in [-0.05, 0) is 24.2 Å². The van der Waals surface area contributed by atoms with Crippen molar-refractivity contribution in [2.45, 2.75) is 31.9 Å². The number of rotatable bonds is 1. The Bertz CT molecular complexity index is 456. The van der Waals surface area contributed by atoms with Gasteiger partial charge in [0.2, 0.25) is 0 Å². The molecule has 0 saturated carbocycles. The third-order valence-electron chi connectivity index (χ3n) is 4.09. The molecular formula is C15H17B. The Morgan fingerprint density at radius 1 is 1.31 bits per heavy atom. The fourth-order valence-electron chi connectivity index (χ4n) is 3.30. The first-order valence-electron chi connectivity index (χ1n) is 6.33. The summed E-state index contributed by atoms with van der Waals surface area (Å²) in [4.78, 5) is 0. The topological polar surface area (TPSA) is 0 Å². The van der Waals surface area contributed by atoms with Crippen molar-refractivity contribution >= 4 is 12.2 Å². The van der Waals surface area contributed by atoms with E-state index in [1.165, 1.54) is 19.2 Å². The Morgan fingerprint density at radius 2 is 2.19 bits per heavy atom. The lowest BCUT2D eigenvalue weighted by molar-refractivity contribution is 0.870. The van der Waals surface area contributed by atoms with E-state index in [1.807, 2.05) is 0 Å². The minimum absolute atomic E-state index is 0.737. The lowest BCUT2D eigenvalue weighted by Gasteiger charge is -2.34. The zero-order chi connectivity index (χ0) is 11.0. The third kappa shape index (κ3) is 1.46. The smallest absolute Gasteiger partial charge is 0.0846 e. The SMILES string of the molecule is CCB1c2ccccc2CC2=CC=CCC12. The summed E-state index contributed by atoms with van der Waals surface area (Å²) in [5, 5.41) is 0. The minimum atomic E-state index is 0.737. The van der Waals surface area contributed by atoms with Gasteiger partial charge in [0.05, 0.1) is 0 Å². The molecule has 1 unspecified atom stereocenters. The first-order valence-corrected chi connectivity index (χ1v) is 6.33. The van der Waals surface area contributed by atoms with Crippen LogP contribution in [-0.2, 0) is 6.42 Å². The number of hydrogen-bond acceptors (Lipinski definition) is 0. The molecule has 2 aliphatic rings. The van der Waals surface area contributed by atoms with E-state index in [2.05, 4.69) is 49.4 Å². The highest BCUT2D eigenvalue weighted by Gasteiger charge is 2.33. The van der Waals surface area contributed by atoms with Gasteiger partial charge in [0, 0.05) is 0 Å². The number of allylic oxidation sites excluding steroid dienone is 4.